The van der Waals surface area contributed by atoms with Crippen molar-refractivity contribution in [3.63, 3.8) is 0 Å². The summed E-state index contributed by atoms with van der Waals surface area (Å²) in [6.45, 7) is 1.82. The van der Waals surface area contributed by atoms with Gasteiger partial charge in [0.05, 0.1) is 12.0 Å². The summed E-state index contributed by atoms with van der Waals surface area (Å²) in [7, 11) is 0. The zero-order chi connectivity index (χ0) is 19.7. The first kappa shape index (κ1) is 17.5. The largest absolute Gasteiger partial charge is 0.463 e. The number of rotatable bonds is 4. The summed E-state index contributed by atoms with van der Waals surface area (Å²) in [6.07, 6.45) is 1.10. The summed E-state index contributed by atoms with van der Waals surface area (Å²) in [5.41, 5.74) is 0.284. The maximum atomic E-state index is 12.8. The average molecular weight is 377 g/mol. The van der Waals surface area contributed by atoms with E-state index in [1.807, 2.05) is 0 Å². The highest BCUT2D eigenvalue weighted by molar-refractivity contribution is 6.13. The second-order valence-electron chi connectivity index (χ2n) is 5.95. The van der Waals surface area contributed by atoms with E-state index in [1.54, 1.807) is 55.5 Å². The second kappa shape index (κ2) is 7.03. The molecular formula is C21H15NO6. The van der Waals surface area contributed by atoms with E-state index in [0.29, 0.717) is 16.6 Å². The number of carbonyl (C=O) groups is 2. The highest BCUT2D eigenvalue weighted by Crippen LogP contribution is 2.31. The Balaban J connectivity index is 1.79. The molecule has 0 fully saturated rings. The first-order valence-corrected chi connectivity index (χ1v) is 8.60. The van der Waals surface area contributed by atoms with Crippen molar-refractivity contribution >= 4 is 39.5 Å². The Kier molecular flexibility index (Phi) is 4.41. The molecule has 2 aromatic carbocycles. The van der Waals surface area contributed by atoms with Crippen molar-refractivity contribution in [3.05, 3.63) is 76.3 Å². The lowest BCUT2D eigenvalue weighted by Crippen LogP contribution is -2.22. The Hall–Kier alpha value is -3.87. The predicted molar refractivity (Wildman–Crippen MR) is 103 cm³/mol. The molecule has 0 saturated carbocycles. The number of benzene rings is 2. The third kappa shape index (κ3) is 2.92. The van der Waals surface area contributed by atoms with Crippen LogP contribution in [0.15, 0.2) is 68.4 Å². The Bertz CT molecular complexity index is 1270. The lowest BCUT2D eigenvalue weighted by atomic mass is 10.1. The van der Waals surface area contributed by atoms with Crippen LogP contribution in [-0.2, 0) is 4.74 Å². The smallest absolute Gasteiger partial charge is 0.376 e. The maximum absolute atomic E-state index is 12.8. The molecule has 0 spiro atoms. The van der Waals surface area contributed by atoms with Crippen molar-refractivity contribution in [2.75, 3.05) is 11.9 Å². The van der Waals surface area contributed by atoms with Gasteiger partial charge in [0.25, 0.3) is 5.91 Å². The van der Waals surface area contributed by atoms with Crippen LogP contribution in [-0.4, -0.2) is 18.5 Å². The number of carbonyl (C=O) groups excluding carboxylic acids is 2. The monoisotopic (exact) mass is 377 g/mol. The molecule has 1 N–H and O–H groups in total. The molecule has 0 aliphatic carbocycles. The van der Waals surface area contributed by atoms with Crippen molar-refractivity contribution in [3.8, 4) is 0 Å². The number of nitrogens with one attached hydrogen (secondary N) is 1. The van der Waals surface area contributed by atoms with E-state index in [-0.39, 0.29) is 29.0 Å². The number of furan rings is 1. The van der Waals surface area contributed by atoms with E-state index in [4.69, 9.17) is 13.6 Å². The van der Waals surface area contributed by atoms with Crippen LogP contribution in [0.2, 0.25) is 0 Å². The van der Waals surface area contributed by atoms with E-state index in [2.05, 4.69) is 5.32 Å². The van der Waals surface area contributed by atoms with Gasteiger partial charge in [-0.3, -0.25) is 9.59 Å². The van der Waals surface area contributed by atoms with Crippen LogP contribution < -0.4 is 10.7 Å². The molecule has 2 aromatic heterocycles. The van der Waals surface area contributed by atoms with Crippen LogP contribution in [0.3, 0.4) is 0 Å². The van der Waals surface area contributed by atoms with Crippen LogP contribution in [0.1, 0.15) is 27.8 Å². The number of para-hydroxylation sites is 2. The zero-order valence-corrected chi connectivity index (χ0v) is 14.9. The van der Waals surface area contributed by atoms with Crippen LogP contribution in [0.4, 0.5) is 5.69 Å². The highest BCUT2D eigenvalue weighted by Gasteiger charge is 2.25. The quantitative estimate of drug-likeness (QED) is 0.540. The minimum atomic E-state index is -0.711. The van der Waals surface area contributed by atoms with E-state index < -0.39 is 17.3 Å². The summed E-state index contributed by atoms with van der Waals surface area (Å²) < 4.78 is 16.0. The van der Waals surface area contributed by atoms with E-state index in [1.165, 1.54) is 0 Å². The molecule has 7 nitrogen and oxygen atoms in total. The van der Waals surface area contributed by atoms with Gasteiger partial charge in [0.2, 0.25) is 11.2 Å². The van der Waals surface area contributed by atoms with Crippen molar-refractivity contribution in [2.24, 2.45) is 0 Å². The van der Waals surface area contributed by atoms with Crippen LogP contribution >= 0.6 is 0 Å². The number of fused-ring (bicyclic) bond motifs is 2. The Morgan fingerprint density at radius 2 is 1.68 bits per heavy atom. The lowest BCUT2D eigenvalue weighted by Gasteiger charge is -2.06. The molecule has 7 heteroatoms. The number of hydrogen-bond donors (Lipinski definition) is 1. The fraction of sp³-hybridized carbons (Fsp3) is 0.0952. The Labute approximate surface area is 158 Å². The second-order valence-corrected chi connectivity index (χ2v) is 5.95. The van der Waals surface area contributed by atoms with Gasteiger partial charge in [0, 0.05) is 5.39 Å². The molecule has 0 unspecified atom stereocenters. The van der Waals surface area contributed by atoms with Crippen molar-refractivity contribution in [2.45, 2.75) is 6.92 Å². The molecule has 140 valence electrons. The van der Waals surface area contributed by atoms with Gasteiger partial charge in [-0.2, -0.15) is 0 Å². The van der Waals surface area contributed by atoms with E-state index in [0.717, 1.165) is 6.26 Å². The number of esters is 1. The van der Waals surface area contributed by atoms with Gasteiger partial charge in [-0.25, -0.2) is 4.79 Å². The third-order valence-corrected chi connectivity index (χ3v) is 4.22. The van der Waals surface area contributed by atoms with Crippen LogP contribution in [0.25, 0.3) is 21.9 Å². The lowest BCUT2D eigenvalue weighted by molar-refractivity contribution is 0.0494. The predicted octanol–water partition coefficient (Wildman–Crippen LogP) is 3.97. The minimum absolute atomic E-state index is 0.137. The molecule has 0 aliphatic rings. The fourth-order valence-electron chi connectivity index (χ4n) is 2.93. The number of amides is 1. The van der Waals surface area contributed by atoms with Crippen molar-refractivity contribution in [1.82, 2.24) is 0 Å². The summed E-state index contributed by atoms with van der Waals surface area (Å²) in [6, 6.07) is 13.5. The summed E-state index contributed by atoms with van der Waals surface area (Å²) in [5.74, 6) is -1.56. The molecule has 0 aliphatic heterocycles. The molecule has 4 rings (SSSR count). The third-order valence-electron chi connectivity index (χ3n) is 4.22. The van der Waals surface area contributed by atoms with Gasteiger partial charge in [0.15, 0.2) is 0 Å². The van der Waals surface area contributed by atoms with Crippen molar-refractivity contribution < 1.29 is 23.2 Å². The van der Waals surface area contributed by atoms with Crippen molar-refractivity contribution in [1.29, 1.82) is 0 Å². The summed E-state index contributed by atoms with van der Waals surface area (Å²) >= 11 is 0. The van der Waals surface area contributed by atoms with Gasteiger partial charge in [0.1, 0.15) is 28.7 Å². The molecule has 28 heavy (non-hydrogen) atoms. The molecular weight excluding hydrogens is 362 g/mol. The molecule has 0 saturated heterocycles. The zero-order valence-electron chi connectivity index (χ0n) is 14.9. The van der Waals surface area contributed by atoms with Gasteiger partial charge in [-0.05, 0) is 31.2 Å². The van der Waals surface area contributed by atoms with Gasteiger partial charge in [-0.1, -0.05) is 24.3 Å². The Morgan fingerprint density at radius 1 is 1.00 bits per heavy atom. The molecule has 2 heterocycles. The SMILES string of the molecule is CCOC(=O)c1oc2ccccc2c1NC(=O)c1coc2ccccc2c1=O. The fourth-order valence-corrected chi connectivity index (χ4v) is 2.93. The molecule has 0 bridgehead atoms. The topological polar surface area (TPSA) is 98.8 Å². The van der Waals surface area contributed by atoms with Gasteiger partial charge >= 0.3 is 5.97 Å². The molecule has 0 atom stereocenters. The number of anilines is 1. The first-order valence-electron chi connectivity index (χ1n) is 8.60. The first-order chi connectivity index (χ1) is 13.6. The molecule has 1 amide bonds. The summed E-state index contributed by atoms with van der Waals surface area (Å²) in [4.78, 5) is 37.7. The van der Waals surface area contributed by atoms with Gasteiger partial charge in [-0.15, -0.1) is 0 Å². The molecule has 4 aromatic rings. The number of hydrogen-bond acceptors (Lipinski definition) is 6. The minimum Gasteiger partial charge on any atom is -0.463 e. The summed E-state index contributed by atoms with van der Waals surface area (Å²) in [5, 5.41) is 3.41. The normalized spacial score (nSPS) is 10.9. The average Bonchev–Trinajstić information content (AvgIpc) is 3.07. The van der Waals surface area contributed by atoms with Crippen LogP contribution in [0.5, 0.6) is 0 Å². The maximum Gasteiger partial charge on any atom is 0.376 e. The highest BCUT2D eigenvalue weighted by atomic mass is 16.5. The van der Waals surface area contributed by atoms with Gasteiger partial charge < -0.3 is 18.9 Å². The van der Waals surface area contributed by atoms with E-state index >= 15 is 0 Å². The Morgan fingerprint density at radius 3 is 2.43 bits per heavy atom. The van der Waals surface area contributed by atoms with E-state index in [9.17, 15) is 14.4 Å². The van der Waals surface area contributed by atoms with Crippen LogP contribution in [0, 0.1) is 0 Å². The number of ether oxygens (including phenoxy) is 1. The standard InChI is InChI=1S/C21H15NO6/c1-2-26-21(25)19-17(12-7-3-6-10-16(12)28-19)22-20(24)14-11-27-15-9-5-4-8-13(15)18(14)23/h3-11H,2H2,1H3,(H,22,24). The molecule has 0 radical (unpaired) electrons.